The van der Waals surface area contributed by atoms with E-state index in [4.69, 9.17) is 25.5 Å². The van der Waals surface area contributed by atoms with Crippen molar-refractivity contribution < 1.29 is 18.7 Å². The van der Waals surface area contributed by atoms with Crippen molar-refractivity contribution in [2.45, 2.75) is 32.8 Å². The first-order chi connectivity index (χ1) is 13.5. The second-order valence-electron chi connectivity index (χ2n) is 6.92. The van der Waals surface area contributed by atoms with Crippen LogP contribution in [-0.2, 0) is 29.0 Å². The topological polar surface area (TPSA) is 65.7 Å². The standard InChI is InChI=1S/C22H19ClO5/c1-13-7-20-18(10-19(13)23)16(9-21(24)28-20)11-27-22(25)12-26-17-6-5-14-3-2-4-15(14)8-17/h5-10H,2-4,11-12H2,1H3. The fourth-order valence-corrected chi connectivity index (χ4v) is 3.61. The maximum Gasteiger partial charge on any atom is 0.344 e. The highest BCUT2D eigenvalue weighted by molar-refractivity contribution is 6.32. The van der Waals surface area contributed by atoms with Crippen LogP contribution in [0.4, 0.5) is 0 Å². The minimum atomic E-state index is -0.514. The van der Waals surface area contributed by atoms with Gasteiger partial charge in [-0.05, 0) is 67.1 Å². The van der Waals surface area contributed by atoms with Crippen LogP contribution in [-0.4, -0.2) is 12.6 Å². The molecule has 0 atom stereocenters. The maximum absolute atomic E-state index is 12.1. The minimum absolute atomic E-state index is 0.0616. The zero-order chi connectivity index (χ0) is 19.7. The summed E-state index contributed by atoms with van der Waals surface area (Å²) in [5, 5.41) is 1.19. The molecule has 28 heavy (non-hydrogen) atoms. The maximum atomic E-state index is 12.1. The van der Waals surface area contributed by atoms with Crippen molar-refractivity contribution in [1.29, 1.82) is 0 Å². The van der Waals surface area contributed by atoms with E-state index >= 15 is 0 Å². The molecule has 0 radical (unpaired) electrons. The summed E-state index contributed by atoms with van der Waals surface area (Å²) in [5.74, 6) is 0.144. The van der Waals surface area contributed by atoms with Crippen LogP contribution in [0.25, 0.3) is 11.0 Å². The number of carbonyl (C=O) groups is 1. The van der Waals surface area contributed by atoms with Gasteiger partial charge in [0.05, 0.1) is 0 Å². The van der Waals surface area contributed by atoms with Crippen molar-refractivity contribution >= 4 is 28.5 Å². The summed E-state index contributed by atoms with van der Waals surface area (Å²) in [7, 11) is 0. The Morgan fingerprint density at radius 2 is 1.96 bits per heavy atom. The molecule has 0 saturated carbocycles. The monoisotopic (exact) mass is 398 g/mol. The highest BCUT2D eigenvalue weighted by atomic mass is 35.5. The van der Waals surface area contributed by atoms with Crippen LogP contribution in [0, 0.1) is 6.92 Å². The third-order valence-electron chi connectivity index (χ3n) is 4.92. The lowest BCUT2D eigenvalue weighted by Crippen LogP contribution is -2.15. The van der Waals surface area contributed by atoms with E-state index in [0.717, 1.165) is 24.8 Å². The molecule has 3 aromatic rings. The minimum Gasteiger partial charge on any atom is -0.482 e. The molecule has 0 aliphatic heterocycles. The van der Waals surface area contributed by atoms with Crippen LogP contribution in [0.5, 0.6) is 5.75 Å². The van der Waals surface area contributed by atoms with Gasteiger partial charge < -0.3 is 13.9 Å². The third kappa shape index (κ3) is 3.90. The number of hydrogen-bond donors (Lipinski definition) is 0. The van der Waals surface area contributed by atoms with E-state index in [1.165, 1.54) is 17.2 Å². The molecule has 4 rings (SSSR count). The number of ether oxygens (including phenoxy) is 2. The normalized spacial score (nSPS) is 12.8. The van der Waals surface area contributed by atoms with Gasteiger partial charge in [-0.2, -0.15) is 0 Å². The quantitative estimate of drug-likeness (QED) is 0.471. The van der Waals surface area contributed by atoms with Crippen LogP contribution in [0.2, 0.25) is 5.02 Å². The molecule has 0 saturated heterocycles. The number of aryl methyl sites for hydroxylation is 3. The lowest BCUT2D eigenvalue weighted by Gasteiger charge is -2.10. The summed E-state index contributed by atoms with van der Waals surface area (Å²) < 4.78 is 16.0. The van der Waals surface area contributed by atoms with E-state index in [0.29, 0.717) is 27.3 Å². The molecule has 1 heterocycles. The Balaban J connectivity index is 1.42. The smallest absolute Gasteiger partial charge is 0.344 e. The zero-order valence-electron chi connectivity index (χ0n) is 15.4. The molecule has 1 aromatic heterocycles. The average Bonchev–Trinajstić information content (AvgIpc) is 3.13. The first-order valence-corrected chi connectivity index (χ1v) is 9.50. The number of carbonyl (C=O) groups excluding carboxylic acids is 1. The molecule has 0 unspecified atom stereocenters. The van der Waals surface area contributed by atoms with Crippen molar-refractivity contribution in [1.82, 2.24) is 0 Å². The Kier molecular flexibility index (Phi) is 5.09. The first kappa shape index (κ1) is 18.6. The van der Waals surface area contributed by atoms with Gasteiger partial charge in [-0.25, -0.2) is 9.59 Å². The Morgan fingerprint density at radius 3 is 2.82 bits per heavy atom. The molecule has 1 aliphatic carbocycles. The van der Waals surface area contributed by atoms with Gasteiger partial charge in [-0.3, -0.25) is 0 Å². The molecular weight excluding hydrogens is 380 g/mol. The van der Waals surface area contributed by atoms with Gasteiger partial charge in [-0.15, -0.1) is 0 Å². The van der Waals surface area contributed by atoms with Crippen LogP contribution < -0.4 is 10.4 Å². The molecule has 0 spiro atoms. The largest absolute Gasteiger partial charge is 0.482 e. The van der Waals surface area contributed by atoms with E-state index in [-0.39, 0.29) is 13.2 Å². The summed E-state index contributed by atoms with van der Waals surface area (Å²) in [6.45, 7) is 1.57. The number of esters is 1. The van der Waals surface area contributed by atoms with Gasteiger partial charge in [0.15, 0.2) is 6.61 Å². The fraction of sp³-hybridized carbons (Fsp3) is 0.273. The molecule has 0 N–H and O–H groups in total. The molecule has 144 valence electrons. The summed E-state index contributed by atoms with van der Waals surface area (Å²) in [5.41, 5.74) is 3.87. The molecule has 6 heteroatoms. The van der Waals surface area contributed by atoms with Crippen LogP contribution in [0.1, 0.15) is 28.7 Å². The second-order valence-corrected chi connectivity index (χ2v) is 7.33. The van der Waals surface area contributed by atoms with Gasteiger partial charge >= 0.3 is 11.6 Å². The van der Waals surface area contributed by atoms with E-state index in [1.807, 2.05) is 25.1 Å². The van der Waals surface area contributed by atoms with E-state index in [2.05, 4.69) is 0 Å². The van der Waals surface area contributed by atoms with Gasteiger partial charge in [0.25, 0.3) is 0 Å². The number of fused-ring (bicyclic) bond motifs is 2. The molecule has 1 aliphatic rings. The van der Waals surface area contributed by atoms with Crippen molar-refractivity contribution in [2.24, 2.45) is 0 Å². The van der Waals surface area contributed by atoms with E-state index < -0.39 is 11.6 Å². The molecule has 2 aromatic carbocycles. The lowest BCUT2D eigenvalue weighted by atomic mass is 10.1. The Bertz CT molecular complexity index is 1120. The van der Waals surface area contributed by atoms with Gasteiger partial charge in [0, 0.05) is 22.0 Å². The zero-order valence-corrected chi connectivity index (χ0v) is 16.2. The van der Waals surface area contributed by atoms with Gasteiger partial charge in [0.1, 0.15) is 17.9 Å². The summed E-state index contributed by atoms with van der Waals surface area (Å²) in [4.78, 5) is 23.9. The van der Waals surface area contributed by atoms with E-state index in [9.17, 15) is 9.59 Å². The number of rotatable bonds is 5. The molecule has 0 bridgehead atoms. The Morgan fingerprint density at radius 1 is 1.14 bits per heavy atom. The highest BCUT2D eigenvalue weighted by Gasteiger charge is 2.13. The summed E-state index contributed by atoms with van der Waals surface area (Å²) in [6.07, 6.45) is 3.30. The predicted octanol–water partition coefficient (Wildman–Crippen LogP) is 4.37. The van der Waals surface area contributed by atoms with Crippen LogP contribution in [0.3, 0.4) is 0 Å². The highest BCUT2D eigenvalue weighted by Crippen LogP contribution is 2.27. The predicted molar refractivity (Wildman–Crippen MR) is 106 cm³/mol. The third-order valence-corrected chi connectivity index (χ3v) is 5.33. The summed E-state index contributed by atoms with van der Waals surface area (Å²) in [6, 6.07) is 10.6. The lowest BCUT2D eigenvalue weighted by molar-refractivity contribution is -0.147. The van der Waals surface area contributed by atoms with Gasteiger partial charge in [0.2, 0.25) is 0 Å². The average molecular weight is 399 g/mol. The number of hydrogen-bond acceptors (Lipinski definition) is 5. The van der Waals surface area contributed by atoms with Crippen molar-refractivity contribution in [3.63, 3.8) is 0 Å². The fourth-order valence-electron chi connectivity index (χ4n) is 3.45. The molecule has 5 nitrogen and oxygen atoms in total. The van der Waals surface area contributed by atoms with E-state index in [1.54, 1.807) is 12.1 Å². The number of benzene rings is 2. The molecule has 0 amide bonds. The SMILES string of the molecule is Cc1cc2oc(=O)cc(COC(=O)COc3ccc4c(c3)CCC4)c2cc1Cl. The van der Waals surface area contributed by atoms with Crippen LogP contribution in [0.15, 0.2) is 45.6 Å². The number of halogens is 1. The van der Waals surface area contributed by atoms with Crippen molar-refractivity contribution in [3.8, 4) is 5.75 Å². The van der Waals surface area contributed by atoms with Crippen molar-refractivity contribution in [3.05, 3.63) is 74.1 Å². The van der Waals surface area contributed by atoms with Crippen LogP contribution >= 0.6 is 11.6 Å². The molecular formula is C22H19ClO5. The van der Waals surface area contributed by atoms with Crippen molar-refractivity contribution in [2.75, 3.05) is 6.61 Å². The Labute approximate surface area is 166 Å². The summed E-state index contributed by atoms with van der Waals surface area (Å²) >= 11 is 6.17. The Hall–Kier alpha value is -2.79. The first-order valence-electron chi connectivity index (χ1n) is 9.13. The van der Waals surface area contributed by atoms with Gasteiger partial charge in [-0.1, -0.05) is 17.7 Å². The molecule has 0 fully saturated rings. The second kappa shape index (κ2) is 7.68.